The molecule has 0 aliphatic carbocycles. The van der Waals surface area contributed by atoms with Gasteiger partial charge in [0.2, 0.25) is 0 Å². The summed E-state index contributed by atoms with van der Waals surface area (Å²) in [4.78, 5) is 32.0. The Kier molecular flexibility index (Phi) is 6.40. The summed E-state index contributed by atoms with van der Waals surface area (Å²) in [6, 6.07) is 11.3. The number of nitrogens with zero attached hydrogens (tertiary/aromatic N) is 4. The number of benzene rings is 2. The molecule has 0 atom stereocenters. The van der Waals surface area contributed by atoms with Gasteiger partial charge in [0.15, 0.2) is 5.13 Å². The molecule has 0 aliphatic rings. The van der Waals surface area contributed by atoms with E-state index < -0.39 is 4.92 Å². The van der Waals surface area contributed by atoms with E-state index in [1.54, 1.807) is 12.0 Å². The lowest BCUT2D eigenvalue weighted by atomic mass is 10.2. The van der Waals surface area contributed by atoms with Gasteiger partial charge in [0.1, 0.15) is 11.3 Å². The predicted octanol–water partition coefficient (Wildman–Crippen LogP) is 3.81. The number of aromatic nitrogens is 1. The Morgan fingerprint density at radius 3 is 2.52 bits per heavy atom. The number of thiazole rings is 1. The van der Waals surface area contributed by atoms with Gasteiger partial charge in [0, 0.05) is 24.2 Å². The van der Waals surface area contributed by atoms with Crippen molar-refractivity contribution >= 4 is 38.3 Å². The topological polar surface area (TPSA) is 88.8 Å². The number of para-hydroxylation sites is 1. The van der Waals surface area contributed by atoms with Gasteiger partial charge in [-0.25, -0.2) is 4.98 Å². The summed E-state index contributed by atoms with van der Waals surface area (Å²) in [6.07, 6.45) is 0.763. The summed E-state index contributed by atoms with van der Waals surface area (Å²) in [6.45, 7) is 1.30. The second-order valence-electron chi connectivity index (χ2n) is 6.72. The normalized spacial score (nSPS) is 11.0. The molecule has 8 nitrogen and oxygen atoms in total. The number of anilines is 1. The number of nitro groups is 1. The number of methoxy groups -OCH3 is 1. The van der Waals surface area contributed by atoms with Crippen molar-refractivity contribution < 1.29 is 14.5 Å². The van der Waals surface area contributed by atoms with Crippen molar-refractivity contribution in [1.82, 2.24) is 9.88 Å². The molecule has 3 aromatic rings. The molecule has 0 saturated carbocycles. The zero-order chi connectivity index (χ0) is 21.0. The van der Waals surface area contributed by atoms with Crippen LogP contribution in [0, 0.1) is 10.1 Å². The van der Waals surface area contributed by atoms with Gasteiger partial charge in [0.25, 0.3) is 11.6 Å². The van der Waals surface area contributed by atoms with Gasteiger partial charge in [0.05, 0.1) is 16.7 Å². The van der Waals surface area contributed by atoms with Gasteiger partial charge in [-0.2, -0.15) is 0 Å². The van der Waals surface area contributed by atoms with E-state index in [0.29, 0.717) is 28.5 Å². The standard InChI is InChI=1S/C20H22N4O4S/c1-22(2)12-5-13-23(19(25)14-8-10-15(11-9-14)24(26)27)20-21-18-16(28-3)6-4-7-17(18)29-20/h4,6-11H,5,12-13H2,1-3H3. The highest BCUT2D eigenvalue weighted by atomic mass is 32.1. The molecular weight excluding hydrogens is 392 g/mol. The van der Waals surface area contributed by atoms with Crippen molar-refractivity contribution in [3.05, 3.63) is 58.1 Å². The van der Waals surface area contributed by atoms with Gasteiger partial charge >= 0.3 is 0 Å². The Balaban J connectivity index is 1.95. The molecule has 0 aliphatic heterocycles. The minimum Gasteiger partial charge on any atom is -0.494 e. The molecule has 1 amide bonds. The number of ether oxygens (including phenoxy) is 1. The van der Waals surface area contributed by atoms with Crippen molar-refractivity contribution in [2.24, 2.45) is 0 Å². The first-order chi connectivity index (χ1) is 13.9. The Morgan fingerprint density at radius 2 is 1.90 bits per heavy atom. The van der Waals surface area contributed by atoms with Crippen LogP contribution in [0.15, 0.2) is 42.5 Å². The number of fused-ring (bicyclic) bond motifs is 1. The molecule has 0 spiro atoms. The third-order valence-corrected chi connectivity index (χ3v) is 5.42. The van der Waals surface area contributed by atoms with Crippen LogP contribution in [-0.2, 0) is 0 Å². The highest BCUT2D eigenvalue weighted by molar-refractivity contribution is 7.22. The van der Waals surface area contributed by atoms with Crippen LogP contribution in [0.1, 0.15) is 16.8 Å². The number of carbonyl (C=O) groups excluding carboxylic acids is 1. The number of rotatable bonds is 8. The second-order valence-corrected chi connectivity index (χ2v) is 7.73. The molecule has 152 valence electrons. The number of nitro benzene ring substituents is 1. The van der Waals surface area contributed by atoms with Gasteiger partial charge in [-0.15, -0.1) is 0 Å². The fourth-order valence-corrected chi connectivity index (χ4v) is 3.91. The molecule has 9 heteroatoms. The summed E-state index contributed by atoms with van der Waals surface area (Å²) in [5, 5.41) is 11.5. The highest BCUT2D eigenvalue weighted by Gasteiger charge is 2.22. The zero-order valence-corrected chi connectivity index (χ0v) is 17.3. The number of hydrogen-bond acceptors (Lipinski definition) is 7. The van der Waals surface area contributed by atoms with E-state index in [4.69, 9.17) is 4.74 Å². The maximum Gasteiger partial charge on any atom is 0.269 e. The second kappa shape index (κ2) is 8.97. The lowest BCUT2D eigenvalue weighted by molar-refractivity contribution is -0.384. The average molecular weight is 414 g/mol. The quantitative estimate of drug-likeness (QED) is 0.411. The third-order valence-electron chi connectivity index (χ3n) is 4.38. The molecule has 0 radical (unpaired) electrons. The van der Waals surface area contributed by atoms with E-state index in [1.807, 2.05) is 32.3 Å². The minimum absolute atomic E-state index is 0.0505. The summed E-state index contributed by atoms with van der Waals surface area (Å²) in [7, 11) is 5.54. The number of hydrogen-bond donors (Lipinski definition) is 0. The summed E-state index contributed by atoms with van der Waals surface area (Å²) in [5.74, 6) is 0.415. The molecular formula is C20H22N4O4S. The lowest BCUT2D eigenvalue weighted by Crippen LogP contribution is -2.33. The Morgan fingerprint density at radius 1 is 1.17 bits per heavy atom. The predicted molar refractivity (Wildman–Crippen MR) is 114 cm³/mol. The number of amides is 1. The van der Waals surface area contributed by atoms with E-state index in [9.17, 15) is 14.9 Å². The molecule has 1 aromatic heterocycles. The van der Waals surface area contributed by atoms with E-state index in [0.717, 1.165) is 17.7 Å². The van der Waals surface area contributed by atoms with Crippen LogP contribution in [0.4, 0.5) is 10.8 Å². The summed E-state index contributed by atoms with van der Waals surface area (Å²) >= 11 is 1.42. The van der Waals surface area contributed by atoms with Gasteiger partial charge in [-0.3, -0.25) is 19.8 Å². The molecule has 3 rings (SSSR count). The fraction of sp³-hybridized carbons (Fsp3) is 0.300. The van der Waals surface area contributed by atoms with E-state index >= 15 is 0 Å². The van der Waals surface area contributed by atoms with Crippen molar-refractivity contribution in [3.63, 3.8) is 0 Å². The zero-order valence-electron chi connectivity index (χ0n) is 16.5. The molecule has 1 heterocycles. The van der Waals surface area contributed by atoms with Crippen LogP contribution in [0.5, 0.6) is 5.75 Å². The van der Waals surface area contributed by atoms with Crippen LogP contribution in [0.2, 0.25) is 0 Å². The first kappa shape index (κ1) is 20.7. The van der Waals surface area contributed by atoms with Crippen LogP contribution in [-0.4, -0.2) is 55.0 Å². The summed E-state index contributed by atoms with van der Waals surface area (Å²) in [5.41, 5.74) is 1.04. The Bertz CT molecular complexity index is 1020. The maximum atomic E-state index is 13.2. The minimum atomic E-state index is -0.483. The van der Waals surface area contributed by atoms with Gasteiger partial charge in [-0.1, -0.05) is 17.4 Å². The van der Waals surface area contributed by atoms with Crippen molar-refractivity contribution in [1.29, 1.82) is 0 Å². The molecule has 0 N–H and O–H groups in total. The third kappa shape index (κ3) is 4.69. The van der Waals surface area contributed by atoms with Gasteiger partial charge < -0.3 is 9.64 Å². The molecule has 0 unspecified atom stereocenters. The Labute approximate surface area is 172 Å². The van der Waals surface area contributed by atoms with Crippen LogP contribution >= 0.6 is 11.3 Å². The van der Waals surface area contributed by atoms with Crippen molar-refractivity contribution in [3.8, 4) is 5.75 Å². The largest absolute Gasteiger partial charge is 0.494 e. The number of non-ortho nitro benzene ring substituents is 1. The first-order valence-electron chi connectivity index (χ1n) is 9.05. The number of carbonyl (C=O) groups is 1. The van der Waals surface area contributed by atoms with Crippen LogP contribution < -0.4 is 9.64 Å². The molecule has 0 bridgehead atoms. The van der Waals surface area contributed by atoms with Crippen molar-refractivity contribution in [2.75, 3.05) is 39.2 Å². The van der Waals surface area contributed by atoms with Gasteiger partial charge in [-0.05, 0) is 51.3 Å². The molecule has 29 heavy (non-hydrogen) atoms. The fourth-order valence-electron chi connectivity index (χ4n) is 2.90. The molecule has 2 aromatic carbocycles. The van der Waals surface area contributed by atoms with E-state index in [1.165, 1.54) is 35.6 Å². The van der Waals surface area contributed by atoms with Crippen LogP contribution in [0.3, 0.4) is 0 Å². The average Bonchev–Trinajstić information content (AvgIpc) is 3.14. The van der Waals surface area contributed by atoms with E-state index in [2.05, 4.69) is 9.88 Å². The van der Waals surface area contributed by atoms with Crippen LogP contribution in [0.25, 0.3) is 10.2 Å². The van der Waals surface area contributed by atoms with E-state index in [-0.39, 0.29) is 11.6 Å². The smallest absolute Gasteiger partial charge is 0.269 e. The lowest BCUT2D eigenvalue weighted by Gasteiger charge is -2.21. The SMILES string of the molecule is COc1cccc2sc(N(CCCN(C)C)C(=O)c3ccc([N+](=O)[O-])cc3)nc12. The molecule has 0 saturated heterocycles. The maximum absolute atomic E-state index is 13.2. The highest BCUT2D eigenvalue weighted by Crippen LogP contribution is 2.34. The Hall–Kier alpha value is -3.04. The monoisotopic (exact) mass is 414 g/mol. The summed E-state index contributed by atoms with van der Waals surface area (Å²) < 4.78 is 6.31. The van der Waals surface area contributed by atoms with Crippen molar-refractivity contribution in [2.45, 2.75) is 6.42 Å². The molecule has 0 fully saturated rings. The first-order valence-corrected chi connectivity index (χ1v) is 9.87.